The molecule has 1 heterocycles. The molecule has 0 saturated carbocycles. The molecule has 0 saturated heterocycles. The Bertz CT molecular complexity index is 630. The summed E-state index contributed by atoms with van der Waals surface area (Å²) in [6, 6.07) is 2.78. The first-order valence-electron chi connectivity index (χ1n) is 5.14. The van der Waals surface area contributed by atoms with Crippen molar-refractivity contribution in [3.05, 3.63) is 29.0 Å². The van der Waals surface area contributed by atoms with Crippen molar-refractivity contribution in [1.82, 2.24) is 5.16 Å². The Hall–Kier alpha value is -2.50. The maximum Gasteiger partial charge on any atom is 0.358 e. The highest BCUT2D eigenvalue weighted by molar-refractivity contribution is 5.87. The molecule has 2 rings (SSSR count). The third kappa shape index (κ3) is 1.77. The topological polar surface area (TPSA) is 104 Å². The van der Waals surface area contributed by atoms with Crippen molar-refractivity contribution >= 4 is 5.97 Å². The lowest BCUT2D eigenvalue weighted by molar-refractivity contribution is 0.0686. The molecule has 0 amide bonds. The molecule has 3 N–H and O–H groups in total. The Balaban J connectivity index is 2.60. The van der Waals surface area contributed by atoms with Gasteiger partial charge in [-0.2, -0.15) is 0 Å². The van der Waals surface area contributed by atoms with Gasteiger partial charge in [-0.3, -0.25) is 0 Å². The quantitative estimate of drug-likeness (QED) is 0.704. The molecule has 0 fully saturated rings. The number of phenolic OH excluding ortho intramolecular Hbond substituents is 2. The van der Waals surface area contributed by atoms with Gasteiger partial charge in [-0.05, 0) is 31.0 Å². The number of aryl methyl sites for hydroxylation is 1. The van der Waals surface area contributed by atoms with Crippen LogP contribution in [-0.4, -0.2) is 26.4 Å². The molecule has 1 aromatic heterocycles. The van der Waals surface area contributed by atoms with Crippen LogP contribution in [0, 0.1) is 13.8 Å². The number of aromatic carboxylic acids is 1. The molecule has 0 unspecified atom stereocenters. The summed E-state index contributed by atoms with van der Waals surface area (Å²) in [5.74, 6) is -1.75. The fraction of sp³-hybridized carbons (Fsp3) is 0.167. The van der Waals surface area contributed by atoms with Gasteiger partial charge in [0, 0.05) is 6.07 Å². The Kier molecular flexibility index (Phi) is 2.70. The van der Waals surface area contributed by atoms with Crippen molar-refractivity contribution in [2.45, 2.75) is 13.8 Å². The van der Waals surface area contributed by atoms with Gasteiger partial charge in [0.1, 0.15) is 0 Å². The van der Waals surface area contributed by atoms with Gasteiger partial charge in [0.2, 0.25) is 0 Å². The van der Waals surface area contributed by atoms with Crippen molar-refractivity contribution in [1.29, 1.82) is 0 Å². The van der Waals surface area contributed by atoms with Crippen LogP contribution in [-0.2, 0) is 0 Å². The van der Waals surface area contributed by atoms with Gasteiger partial charge in [-0.25, -0.2) is 4.79 Å². The van der Waals surface area contributed by atoms with E-state index in [2.05, 4.69) is 5.16 Å². The van der Waals surface area contributed by atoms with Crippen LogP contribution in [0.25, 0.3) is 11.3 Å². The van der Waals surface area contributed by atoms with Crippen molar-refractivity contribution in [2.75, 3.05) is 0 Å². The summed E-state index contributed by atoms with van der Waals surface area (Å²) in [4.78, 5) is 10.7. The van der Waals surface area contributed by atoms with Crippen molar-refractivity contribution in [2.24, 2.45) is 0 Å². The van der Waals surface area contributed by atoms with E-state index in [-0.39, 0.29) is 28.5 Å². The Morgan fingerprint density at radius 3 is 2.44 bits per heavy atom. The first-order chi connectivity index (χ1) is 8.41. The Morgan fingerprint density at radius 1 is 1.22 bits per heavy atom. The molecule has 1 aromatic carbocycles. The largest absolute Gasteiger partial charge is 0.504 e. The number of hydrogen-bond acceptors (Lipinski definition) is 5. The Morgan fingerprint density at radius 2 is 1.89 bits per heavy atom. The van der Waals surface area contributed by atoms with Crippen LogP contribution < -0.4 is 0 Å². The summed E-state index contributed by atoms with van der Waals surface area (Å²) < 4.78 is 4.84. The van der Waals surface area contributed by atoms with E-state index < -0.39 is 5.97 Å². The molecule has 0 aliphatic rings. The lowest BCUT2D eigenvalue weighted by Gasteiger charge is -2.08. The minimum atomic E-state index is -1.22. The molecule has 18 heavy (non-hydrogen) atoms. The number of aromatic nitrogens is 1. The number of aromatic hydroxyl groups is 2. The first kappa shape index (κ1) is 12.0. The second kappa shape index (κ2) is 4.06. The van der Waals surface area contributed by atoms with Crippen LogP contribution in [0.15, 0.2) is 16.7 Å². The molecule has 0 bridgehead atoms. The molecular formula is C12H11NO5. The number of hydrogen-bond donors (Lipinski definition) is 3. The minimum Gasteiger partial charge on any atom is -0.504 e. The van der Waals surface area contributed by atoms with E-state index in [0.29, 0.717) is 5.56 Å². The molecule has 6 heteroatoms. The van der Waals surface area contributed by atoms with E-state index >= 15 is 0 Å². The number of benzene rings is 1. The van der Waals surface area contributed by atoms with Gasteiger partial charge in [0.05, 0.1) is 5.56 Å². The highest BCUT2D eigenvalue weighted by Crippen LogP contribution is 2.40. The van der Waals surface area contributed by atoms with Crippen LogP contribution >= 0.6 is 0 Å². The van der Waals surface area contributed by atoms with E-state index in [1.165, 1.54) is 6.07 Å². The summed E-state index contributed by atoms with van der Waals surface area (Å²) in [7, 11) is 0. The third-order valence-corrected chi connectivity index (χ3v) is 2.78. The van der Waals surface area contributed by atoms with Crippen LogP contribution in [0.1, 0.15) is 21.6 Å². The molecule has 0 atom stereocenters. The second-order valence-electron chi connectivity index (χ2n) is 3.94. The summed E-state index contributed by atoms with van der Waals surface area (Å²) in [6.07, 6.45) is 0. The van der Waals surface area contributed by atoms with Crippen LogP contribution in [0.2, 0.25) is 0 Å². The highest BCUT2D eigenvalue weighted by atomic mass is 16.5. The zero-order valence-corrected chi connectivity index (χ0v) is 9.76. The van der Waals surface area contributed by atoms with Gasteiger partial charge in [-0.1, -0.05) is 5.16 Å². The standard InChI is InChI=1S/C12H11NO5/c1-5-3-7(11(15)10(14)6(5)2)9-4-8(12(16)17)13-18-9/h3-4,14-15H,1-2H3,(H,16,17). The fourth-order valence-corrected chi connectivity index (χ4v) is 1.58. The number of nitrogens with zero attached hydrogens (tertiary/aromatic N) is 1. The lowest BCUT2D eigenvalue weighted by Crippen LogP contribution is -1.94. The first-order valence-corrected chi connectivity index (χ1v) is 5.14. The van der Waals surface area contributed by atoms with Gasteiger partial charge < -0.3 is 19.8 Å². The van der Waals surface area contributed by atoms with Gasteiger partial charge in [-0.15, -0.1) is 0 Å². The second-order valence-corrected chi connectivity index (χ2v) is 3.94. The number of rotatable bonds is 2. The SMILES string of the molecule is Cc1cc(-c2cc(C(=O)O)no2)c(O)c(O)c1C. The molecule has 94 valence electrons. The minimum absolute atomic E-state index is 0.0864. The molecule has 0 radical (unpaired) electrons. The van der Waals surface area contributed by atoms with Crippen LogP contribution in [0.5, 0.6) is 11.5 Å². The zero-order chi connectivity index (χ0) is 13.4. The van der Waals surface area contributed by atoms with Crippen LogP contribution in [0.4, 0.5) is 0 Å². The number of carboxylic acids is 1. The van der Waals surface area contributed by atoms with Crippen molar-refractivity contribution in [3.8, 4) is 22.8 Å². The summed E-state index contributed by atoms with van der Waals surface area (Å²) in [6.45, 7) is 3.42. The molecule has 0 aliphatic carbocycles. The van der Waals surface area contributed by atoms with Crippen molar-refractivity contribution in [3.63, 3.8) is 0 Å². The van der Waals surface area contributed by atoms with Crippen molar-refractivity contribution < 1.29 is 24.6 Å². The predicted molar refractivity (Wildman–Crippen MR) is 61.7 cm³/mol. The van der Waals surface area contributed by atoms with Gasteiger partial charge >= 0.3 is 5.97 Å². The zero-order valence-electron chi connectivity index (χ0n) is 9.76. The van der Waals surface area contributed by atoms with E-state index in [1.807, 2.05) is 0 Å². The average molecular weight is 249 g/mol. The average Bonchev–Trinajstić information content (AvgIpc) is 2.80. The molecule has 6 nitrogen and oxygen atoms in total. The monoisotopic (exact) mass is 249 g/mol. The molecule has 0 aliphatic heterocycles. The molecule has 2 aromatic rings. The third-order valence-electron chi connectivity index (χ3n) is 2.78. The highest BCUT2D eigenvalue weighted by Gasteiger charge is 2.19. The van der Waals surface area contributed by atoms with E-state index in [4.69, 9.17) is 9.63 Å². The summed E-state index contributed by atoms with van der Waals surface area (Å²) in [5, 5.41) is 31.6. The van der Waals surface area contributed by atoms with E-state index in [0.717, 1.165) is 5.56 Å². The maximum atomic E-state index is 10.7. The summed E-state index contributed by atoms with van der Waals surface area (Å²) >= 11 is 0. The van der Waals surface area contributed by atoms with Gasteiger partial charge in [0.15, 0.2) is 23.0 Å². The van der Waals surface area contributed by atoms with E-state index in [1.54, 1.807) is 19.9 Å². The maximum absolute atomic E-state index is 10.7. The van der Waals surface area contributed by atoms with E-state index in [9.17, 15) is 15.0 Å². The van der Waals surface area contributed by atoms with Crippen LogP contribution in [0.3, 0.4) is 0 Å². The Labute approximate surface area is 102 Å². The molecular weight excluding hydrogens is 238 g/mol. The fourth-order valence-electron chi connectivity index (χ4n) is 1.58. The molecule has 0 spiro atoms. The lowest BCUT2D eigenvalue weighted by atomic mass is 10.0. The number of carbonyl (C=O) groups is 1. The number of phenols is 2. The summed E-state index contributed by atoms with van der Waals surface area (Å²) in [5.41, 5.74) is 1.24. The predicted octanol–water partition coefficient (Wildman–Crippen LogP) is 2.07. The number of carboxylic acid groups (broad SMARTS) is 1. The smallest absolute Gasteiger partial charge is 0.358 e. The normalized spacial score (nSPS) is 10.6. The van der Waals surface area contributed by atoms with Gasteiger partial charge in [0.25, 0.3) is 0 Å².